The van der Waals surface area contributed by atoms with Gasteiger partial charge in [0.1, 0.15) is 5.82 Å². The Morgan fingerprint density at radius 1 is 1.24 bits per heavy atom. The summed E-state index contributed by atoms with van der Waals surface area (Å²) in [5.74, 6) is 0.927. The molecule has 0 amide bonds. The first-order valence-electron chi connectivity index (χ1n) is 7.76. The smallest absolute Gasteiger partial charge is 0.136 e. The van der Waals surface area contributed by atoms with Crippen molar-refractivity contribution >= 4 is 22.3 Å². The number of anilines is 2. The highest BCUT2D eigenvalue weighted by atomic mass is 16.3. The minimum Gasteiger partial charge on any atom is -0.395 e. The van der Waals surface area contributed by atoms with E-state index in [1.807, 2.05) is 24.2 Å². The molecule has 21 heavy (non-hydrogen) atoms. The summed E-state index contributed by atoms with van der Waals surface area (Å²) in [6.45, 7) is 0.723. The fourth-order valence-electron chi connectivity index (χ4n) is 3.14. The summed E-state index contributed by atoms with van der Waals surface area (Å²) < 4.78 is 0. The molecule has 1 aliphatic rings. The number of pyridine rings is 1. The van der Waals surface area contributed by atoms with E-state index < -0.39 is 0 Å². The molecule has 1 aromatic carbocycles. The Labute approximate surface area is 125 Å². The minimum absolute atomic E-state index is 0.134. The van der Waals surface area contributed by atoms with Gasteiger partial charge in [0.2, 0.25) is 0 Å². The van der Waals surface area contributed by atoms with E-state index in [1.165, 1.54) is 31.1 Å². The number of nitrogens with zero attached hydrogens (tertiary/aromatic N) is 2. The lowest BCUT2D eigenvalue weighted by Crippen LogP contribution is -2.23. The Kier molecular flexibility index (Phi) is 4.25. The third-order valence-corrected chi connectivity index (χ3v) is 4.29. The van der Waals surface area contributed by atoms with Crippen LogP contribution < -0.4 is 10.2 Å². The average Bonchev–Trinajstić information content (AvgIpc) is 3.01. The van der Waals surface area contributed by atoms with Crippen molar-refractivity contribution in [3.63, 3.8) is 0 Å². The number of likely N-dealkylation sites (N-methyl/N-ethyl adjacent to an activating group) is 1. The van der Waals surface area contributed by atoms with Gasteiger partial charge in [-0.15, -0.1) is 0 Å². The van der Waals surface area contributed by atoms with Crippen LogP contribution in [-0.2, 0) is 0 Å². The summed E-state index contributed by atoms with van der Waals surface area (Å²) in [5.41, 5.74) is 1.12. The molecule has 3 rings (SSSR count). The largest absolute Gasteiger partial charge is 0.395 e. The maximum absolute atomic E-state index is 9.13. The second-order valence-electron chi connectivity index (χ2n) is 5.81. The van der Waals surface area contributed by atoms with Crippen molar-refractivity contribution in [2.75, 3.05) is 30.4 Å². The van der Waals surface area contributed by atoms with Gasteiger partial charge in [0.15, 0.2) is 0 Å². The lowest BCUT2D eigenvalue weighted by Gasteiger charge is -2.21. The Balaban J connectivity index is 1.97. The molecule has 0 radical (unpaired) electrons. The highest BCUT2D eigenvalue weighted by molar-refractivity contribution is 6.00. The summed E-state index contributed by atoms with van der Waals surface area (Å²) in [5, 5.41) is 15.1. The van der Waals surface area contributed by atoms with Gasteiger partial charge in [-0.1, -0.05) is 37.1 Å². The van der Waals surface area contributed by atoms with Crippen LogP contribution >= 0.6 is 0 Å². The number of aliphatic hydroxyl groups excluding tert-OH is 1. The van der Waals surface area contributed by atoms with Crippen molar-refractivity contribution < 1.29 is 5.11 Å². The minimum atomic E-state index is 0.134. The van der Waals surface area contributed by atoms with E-state index in [-0.39, 0.29) is 6.61 Å². The topological polar surface area (TPSA) is 48.4 Å². The molecule has 2 aromatic rings. The normalized spacial score (nSPS) is 15.5. The molecule has 1 heterocycles. The monoisotopic (exact) mass is 285 g/mol. The molecule has 112 valence electrons. The van der Waals surface area contributed by atoms with Crippen molar-refractivity contribution in [2.45, 2.75) is 31.7 Å². The van der Waals surface area contributed by atoms with Crippen LogP contribution in [0.2, 0.25) is 0 Å². The second-order valence-corrected chi connectivity index (χ2v) is 5.81. The van der Waals surface area contributed by atoms with Crippen molar-refractivity contribution in [3.05, 3.63) is 30.5 Å². The van der Waals surface area contributed by atoms with E-state index in [9.17, 15) is 0 Å². The van der Waals surface area contributed by atoms with Crippen molar-refractivity contribution in [1.29, 1.82) is 0 Å². The lowest BCUT2D eigenvalue weighted by atomic mass is 10.1. The van der Waals surface area contributed by atoms with Crippen LogP contribution in [0.4, 0.5) is 11.5 Å². The molecule has 1 aromatic heterocycles. The van der Waals surface area contributed by atoms with Crippen LogP contribution in [0.3, 0.4) is 0 Å². The van der Waals surface area contributed by atoms with E-state index in [4.69, 9.17) is 5.11 Å². The highest BCUT2D eigenvalue weighted by Crippen LogP contribution is 2.31. The van der Waals surface area contributed by atoms with Crippen molar-refractivity contribution in [1.82, 2.24) is 4.98 Å². The number of hydrogen-bond acceptors (Lipinski definition) is 4. The first-order chi connectivity index (χ1) is 10.3. The summed E-state index contributed by atoms with van der Waals surface area (Å²) >= 11 is 0. The van der Waals surface area contributed by atoms with Crippen LogP contribution in [-0.4, -0.2) is 36.3 Å². The number of nitrogens with one attached hydrogen (secondary N) is 1. The van der Waals surface area contributed by atoms with E-state index in [0.717, 1.165) is 16.9 Å². The highest BCUT2D eigenvalue weighted by Gasteiger charge is 2.17. The molecule has 4 nitrogen and oxygen atoms in total. The fraction of sp³-hybridized carbons (Fsp3) is 0.471. The molecule has 2 N–H and O–H groups in total. The molecule has 1 aliphatic carbocycles. The molecule has 1 saturated carbocycles. The number of aliphatic hydroxyl groups is 1. The first kappa shape index (κ1) is 14.1. The molecular weight excluding hydrogens is 262 g/mol. The van der Waals surface area contributed by atoms with Crippen LogP contribution in [0, 0.1) is 0 Å². The van der Waals surface area contributed by atoms with Gasteiger partial charge in [0.05, 0.1) is 18.5 Å². The molecule has 0 unspecified atom stereocenters. The number of hydrogen-bond donors (Lipinski definition) is 2. The molecule has 0 aliphatic heterocycles. The van der Waals surface area contributed by atoms with E-state index in [1.54, 1.807) is 0 Å². The number of benzene rings is 1. The van der Waals surface area contributed by atoms with Gasteiger partial charge in [-0.25, -0.2) is 4.98 Å². The SMILES string of the molecule is CN(CCO)c1ncc(NC2CCCC2)c2ccccc12. The molecule has 0 atom stereocenters. The van der Waals surface area contributed by atoms with Crippen molar-refractivity contribution in [3.8, 4) is 0 Å². The third-order valence-electron chi connectivity index (χ3n) is 4.29. The first-order valence-corrected chi connectivity index (χ1v) is 7.76. The molecular formula is C17H23N3O. The molecule has 0 saturated heterocycles. The maximum atomic E-state index is 9.13. The summed E-state index contributed by atoms with van der Waals surface area (Å²) in [7, 11) is 1.97. The zero-order valence-electron chi connectivity index (χ0n) is 12.5. The lowest BCUT2D eigenvalue weighted by molar-refractivity contribution is 0.304. The fourth-order valence-corrected chi connectivity index (χ4v) is 3.14. The van der Waals surface area contributed by atoms with E-state index in [0.29, 0.717) is 12.6 Å². The Morgan fingerprint density at radius 3 is 2.67 bits per heavy atom. The molecule has 0 spiro atoms. The summed E-state index contributed by atoms with van der Waals surface area (Å²) in [6.07, 6.45) is 7.07. The average molecular weight is 285 g/mol. The van der Waals surface area contributed by atoms with Gasteiger partial charge in [-0.3, -0.25) is 0 Å². The molecule has 1 fully saturated rings. The van der Waals surface area contributed by atoms with Crippen molar-refractivity contribution in [2.24, 2.45) is 0 Å². The number of fused-ring (bicyclic) bond motifs is 1. The summed E-state index contributed by atoms with van der Waals surface area (Å²) in [4.78, 5) is 6.62. The predicted octanol–water partition coefficient (Wildman–Crippen LogP) is 3.02. The van der Waals surface area contributed by atoms with Gasteiger partial charge >= 0.3 is 0 Å². The zero-order valence-corrected chi connectivity index (χ0v) is 12.5. The van der Waals surface area contributed by atoms with Gasteiger partial charge in [0, 0.05) is 30.4 Å². The molecule has 0 bridgehead atoms. The standard InChI is InChI=1S/C17H23N3O/c1-20(10-11-21)17-15-9-5-4-8-14(15)16(12-18-17)19-13-6-2-3-7-13/h4-5,8-9,12-13,19,21H,2-3,6-7,10-11H2,1H3. The van der Waals surface area contributed by atoms with Crippen LogP contribution in [0.5, 0.6) is 0 Å². The molecule has 4 heteroatoms. The zero-order chi connectivity index (χ0) is 14.7. The Morgan fingerprint density at radius 2 is 1.95 bits per heavy atom. The quantitative estimate of drug-likeness (QED) is 0.886. The van der Waals surface area contributed by atoms with Gasteiger partial charge in [0.25, 0.3) is 0 Å². The van der Waals surface area contributed by atoms with Gasteiger partial charge in [-0.05, 0) is 12.8 Å². The second kappa shape index (κ2) is 6.31. The Bertz CT molecular complexity index is 608. The van der Waals surface area contributed by atoms with Crippen LogP contribution in [0.15, 0.2) is 30.5 Å². The third kappa shape index (κ3) is 2.95. The maximum Gasteiger partial charge on any atom is 0.136 e. The van der Waals surface area contributed by atoms with Crippen LogP contribution in [0.25, 0.3) is 10.8 Å². The van der Waals surface area contributed by atoms with E-state index in [2.05, 4.69) is 28.5 Å². The van der Waals surface area contributed by atoms with E-state index >= 15 is 0 Å². The Hall–Kier alpha value is -1.81. The van der Waals surface area contributed by atoms with Gasteiger partial charge < -0.3 is 15.3 Å². The summed E-state index contributed by atoms with van der Waals surface area (Å²) in [6, 6.07) is 8.93. The van der Waals surface area contributed by atoms with Crippen LogP contribution in [0.1, 0.15) is 25.7 Å². The number of rotatable bonds is 5. The number of aromatic nitrogens is 1. The van der Waals surface area contributed by atoms with Gasteiger partial charge in [-0.2, -0.15) is 0 Å². The predicted molar refractivity (Wildman–Crippen MR) is 88.0 cm³/mol.